The maximum atomic E-state index is 8.41. The molecule has 0 spiro atoms. The Morgan fingerprint density at radius 3 is 2.27 bits per heavy atom. The molecule has 0 aliphatic carbocycles. The van der Waals surface area contributed by atoms with E-state index in [1.54, 1.807) is 0 Å². The number of unbranched alkanes of at least 4 members (excludes halogenated alkanes) is 6. The van der Waals surface area contributed by atoms with Crippen LogP contribution in [0.5, 0.6) is 0 Å². The molecule has 0 saturated heterocycles. The first kappa shape index (κ1) is 14.2. The Hall–Kier alpha value is -0.770. The van der Waals surface area contributed by atoms with Gasteiger partial charge >= 0.3 is 0 Å². The molecular weight excluding hydrogens is 182 g/mol. The second-order valence-electron chi connectivity index (χ2n) is 4.28. The van der Waals surface area contributed by atoms with E-state index in [0.717, 1.165) is 0 Å². The van der Waals surface area contributed by atoms with Crippen molar-refractivity contribution in [2.24, 2.45) is 0 Å². The first-order chi connectivity index (χ1) is 7.31. The minimum atomic E-state index is 0.572. The Bertz CT molecular complexity index is 198. The summed E-state index contributed by atoms with van der Waals surface area (Å²) in [5.74, 6) is 0. The van der Waals surface area contributed by atoms with E-state index in [1.165, 1.54) is 56.9 Å². The molecule has 0 aromatic heterocycles. The highest BCUT2D eigenvalue weighted by Gasteiger charge is 1.92. The quantitative estimate of drug-likeness (QED) is 0.386. The summed E-state index contributed by atoms with van der Waals surface area (Å²) in [7, 11) is 0. The lowest BCUT2D eigenvalue weighted by Gasteiger charge is -2.01. The van der Waals surface area contributed by atoms with Gasteiger partial charge in [0.15, 0.2) is 0 Å². The average molecular weight is 207 g/mol. The number of allylic oxidation sites excluding steroid dienone is 2. The van der Waals surface area contributed by atoms with Crippen LogP contribution < -0.4 is 0 Å². The summed E-state index contributed by atoms with van der Waals surface area (Å²) >= 11 is 0. The fraction of sp³-hybridized carbons (Fsp3) is 0.786. The van der Waals surface area contributed by atoms with E-state index in [9.17, 15) is 0 Å². The van der Waals surface area contributed by atoms with Crippen molar-refractivity contribution in [1.82, 2.24) is 0 Å². The van der Waals surface area contributed by atoms with Gasteiger partial charge in [0.25, 0.3) is 0 Å². The highest BCUT2D eigenvalue weighted by molar-refractivity contribution is 5.01. The predicted octanol–water partition coefficient (Wildman–Crippen LogP) is 4.99. The summed E-state index contributed by atoms with van der Waals surface area (Å²) in [6.45, 7) is 4.39. The Balaban J connectivity index is 3.20. The molecule has 15 heavy (non-hydrogen) atoms. The van der Waals surface area contributed by atoms with Crippen molar-refractivity contribution >= 4 is 0 Å². The molecule has 0 heterocycles. The molecule has 0 unspecified atom stereocenters. The van der Waals surface area contributed by atoms with Gasteiger partial charge in [-0.1, -0.05) is 57.1 Å². The summed E-state index contributed by atoms with van der Waals surface area (Å²) in [6, 6.07) is 2.15. The molecule has 0 radical (unpaired) electrons. The maximum absolute atomic E-state index is 8.41. The van der Waals surface area contributed by atoms with Gasteiger partial charge in [-0.3, -0.25) is 0 Å². The summed E-state index contributed by atoms with van der Waals surface area (Å²) in [6.07, 6.45) is 13.3. The molecule has 0 amide bonds. The first-order valence-electron chi connectivity index (χ1n) is 6.33. The highest BCUT2D eigenvalue weighted by atomic mass is 14.2. The van der Waals surface area contributed by atoms with Gasteiger partial charge < -0.3 is 0 Å². The van der Waals surface area contributed by atoms with Gasteiger partial charge in [0.1, 0.15) is 0 Å². The number of hydrogen-bond acceptors (Lipinski definition) is 1. The Kier molecular flexibility index (Phi) is 10.7. The van der Waals surface area contributed by atoms with Crippen molar-refractivity contribution < 1.29 is 0 Å². The molecule has 1 heteroatoms. The molecule has 86 valence electrons. The zero-order chi connectivity index (χ0) is 11.4. The van der Waals surface area contributed by atoms with E-state index in [-0.39, 0.29) is 0 Å². The Morgan fingerprint density at radius 1 is 1.07 bits per heavy atom. The van der Waals surface area contributed by atoms with Crippen molar-refractivity contribution in [3.05, 3.63) is 11.6 Å². The molecule has 0 fully saturated rings. The Labute approximate surface area is 95.2 Å². The average Bonchev–Trinajstić information content (AvgIpc) is 2.25. The van der Waals surface area contributed by atoms with E-state index in [2.05, 4.69) is 26.0 Å². The second kappa shape index (κ2) is 11.3. The molecule has 0 N–H and O–H groups in total. The van der Waals surface area contributed by atoms with Crippen molar-refractivity contribution in [2.75, 3.05) is 0 Å². The van der Waals surface area contributed by atoms with Gasteiger partial charge in [0, 0.05) is 0 Å². The van der Waals surface area contributed by atoms with Crippen LogP contribution in [-0.2, 0) is 0 Å². The van der Waals surface area contributed by atoms with Gasteiger partial charge in [-0.15, -0.1) is 0 Å². The molecule has 1 nitrogen and oxygen atoms in total. The highest BCUT2D eigenvalue weighted by Crippen LogP contribution is 2.12. The largest absolute Gasteiger partial charge is 0.198 e. The van der Waals surface area contributed by atoms with Crippen molar-refractivity contribution in [2.45, 2.75) is 71.6 Å². The van der Waals surface area contributed by atoms with Crippen molar-refractivity contribution in [3.8, 4) is 6.07 Å². The zero-order valence-electron chi connectivity index (χ0n) is 10.4. The van der Waals surface area contributed by atoms with Crippen LogP contribution in [0.15, 0.2) is 11.6 Å². The fourth-order valence-corrected chi connectivity index (χ4v) is 1.68. The monoisotopic (exact) mass is 207 g/mol. The topological polar surface area (TPSA) is 23.8 Å². The first-order valence-corrected chi connectivity index (χ1v) is 6.33. The molecule has 0 atom stereocenters. The molecule has 0 aromatic carbocycles. The van der Waals surface area contributed by atoms with Crippen molar-refractivity contribution in [3.63, 3.8) is 0 Å². The smallest absolute Gasteiger partial charge is 0.0663 e. The molecule has 0 saturated carbocycles. The molecule has 0 aliphatic rings. The van der Waals surface area contributed by atoms with Crippen molar-refractivity contribution in [1.29, 1.82) is 5.26 Å². The zero-order valence-corrected chi connectivity index (χ0v) is 10.4. The standard InChI is InChI=1S/C14H25N/c1-3-4-5-6-7-8-9-11-14(2)12-10-13-15/h12H,3-11H2,1-2H3. The minimum Gasteiger partial charge on any atom is -0.198 e. The SMILES string of the molecule is CCCCCCCCCC(C)=CCC#N. The van der Waals surface area contributed by atoms with Gasteiger partial charge in [0.05, 0.1) is 12.5 Å². The number of rotatable bonds is 9. The molecule has 0 bridgehead atoms. The number of nitriles is 1. The van der Waals surface area contributed by atoms with Crippen LogP contribution >= 0.6 is 0 Å². The lowest BCUT2D eigenvalue weighted by molar-refractivity contribution is 0.588. The van der Waals surface area contributed by atoms with Gasteiger partial charge in [-0.2, -0.15) is 5.26 Å². The summed E-state index contributed by atoms with van der Waals surface area (Å²) < 4.78 is 0. The number of nitrogens with zero attached hydrogens (tertiary/aromatic N) is 1. The van der Waals surface area contributed by atoms with Crippen LogP contribution in [0, 0.1) is 11.3 Å². The maximum Gasteiger partial charge on any atom is 0.0663 e. The predicted molar refractivity (Wildman–Crippen MR) is 66.6 cm³/mol. The lowest BCUT2D eigenvalue weighted by Crippen LogP contribution is -1.82. The molecule has 0 aromatic rings. The van der Waals surface area contributed by atoms with Crippen LogP contribution in [0.4, 0.5) is 0 Å². The molecule has 0 rings (SSSR count). The van der Waals surface area contributed by atoms with Gasteiger partial charge in [-0.25, -0.2) is 0 Å². The van der Waals surface area contributed by atoms with Crippen LogP contribution in [0.2, 0.25) is 0 Å². The van der Waals surface area contributed by atoms with E-state index in [0.29, 0.717) is 6.42 Å². The third kappa shape index (κ3) is 11.2. The lowest BCUT2D eigenvalue weighted by atomic mass is 10.0. The van der Waals surface area contributed by atoms with Crippen LogP contribution in [0.25, 0.3) is 0 Å². The van der Waals surface area contributed by atoms with E-state index >= 15 is 0 Å². The third-order valence-electron chi connectivity index (χ3n) is 2.72. The van der Waals surface area contributed by atoms with Crippen LogP contribution in [-0.4, -0.2) is 0 Å². The molecular formula is C14H25N. The minimum absolute atomic E-state index is 0.572. The Morgan fingerprint density at radius 2 is 1.67 bits per heavy atom. The third-order valence-corrected chi connectivity index (χ3v) is 2.72. The normalized spacial score (nSPS) is 11.4. The number of hydrogen-bond donors (Lipinski definition) is 0. The van der Waals surface area contributed by atoms with Crippen LogP contribution in [0.3, 0.4) is 0 Å². The van der Waals surface area contributed by atoms with E-state index in [1.807, 2.05) is 0 Å². The second-order valence-corrected chi connectivity index (χ2v) is 4.28. The fourth-order valence-electron chi connectivity index (χ4n) is 1.68. The van der Waals surface area contributed by atoms with Gasteiger partial charge in [-0.05, 0) is 19.8 Å². The van der Waals surface area contributed by atoms with Crippen LogP contribution in [0.1, 0.15) is 71.6 Å². The molecule has 0 aliphatic heterocycles. The van der Waals surface area contributed by atoms with E-state index < -0.39 is 0 Å². The van der Waals surface area contributed by atoms with E-state index in [4.69, 9.17) is 5.26 Å². The summed E-state index contributed by atoms with van der Waals surface area (Å²) in [4.78, 5) is 0. The van der Waals surface area contributed by atoms with Gasteiger partial charge in [0.2, 0.25) is 0 Å². The summed E-state index contributed by atoms with van der Waals surface area (Å²) in [5.41, 5.74) is 1.38. The summed E-state index contributed by atoms with van der Waals surface area (Å²) in [5, 5.41) is 8.41.